The summed E-state index contributed by atoms with van der Waals surface area (Å²) in [5, 5.41) is 12.9. The maximum Gasteiger partial charge on any atom is 0.244 e. The van der Waals surface area contributed by atoms with E-state index in [4.69, 9.17) is 0 Å². The maximum atomic E-state index is 13.7. The number of aromatic amines is 1. The van der Waals surface area contributed by atoms with Crippen LogP contribution in [-0.2, 0) is 27.8 Å². The van der Waals surface area contributed by atoms with E-state index >= 15 is 0 Å². The lowest BCUT2D eigenvalue weighted by molar-refractivity contribution is -0.129. The zero-order valence-corrected chi connectivity index (χ0v) is 22.2. The fourth-order valence-corrected chi connectivity index (χ4v) is 7.20. The molecule has 1 saturated heterocycles. The first kappa shape index (κ1) is 24.6. The number of H-pyrrole nitrogens is 1. The van der Waals surface area contributed by atoms with Gasteiger partial charge in [0.25, 0.3) is 0 Å². The predicted molar refractivity (Wildman–Crippen MR) is 148 cm³/mol. The molecule has 2 aliphatic rings. The van der Waals surface area contributed by atoms with Gasteiger partial charge in [-0.3, -0.25) is 9.89 Å². The highest BCUT2D eigenvalue weighted by molar-refractivity contribution is 7.89. The number of benzene rings is 3. The Kier molecular flexibility index (Phi) is 6.41. The first-order chi connectivity index (χ1) is 18.4. The van der Waals surface area contributed by atoms with Crippen LogP contribution in [-0.4, -0.2) is 59.4 Å². The second-order valence-electron chi connectivity index (χ2n) is 10.1. The summed E-state index contributed by atoms with van der Waals surface area (Å²) in [6.45, 7) is 3.87. The van der Waals surface area contributed by atoms with Crippen LogP contribution in [0.25, 0.3) is 22.0 Å². The monoisotopic (exact) mass is 529 g/mol. The Morgan fingerprint density at radius 3 is 2.47 bits per heavy atom. The summed E-state index contributed by atoms with van der Waals surface area (Å²) < 4.78 is 29.0. The van der Waals surface area contributed by atoms with E-state index in [-0.39, 0.29) is 12.5 Å². The first-order valence-corrected chi connectivity index (χ1v) is 14.5. The Labute approximate surface area is 222 Å². The minimum atomic E-state index is -3.68. The second kappa shape index (κ2) is 9.89. The molecule has 1 fully saturated rings. The summed E-state index contributed by atoms with van der Waals surface area (Å²) in [5.41, 5.74) is 4.68. The number of rotatable bonds is 5. The van der Waals surface area contributed by atoms with E-state index < -0.39 is 10.0 Å². The van der Waals surface area contributed by atoms with Crippen molar-refractivity contribution >= 4 is 32.4 Å². The lowest BCUT2D eigenvalue weighted by atomic mass is 10.0. The van der Waals surface area contributed by atoms with Crippen LogP contribution in [0.15, 0.2) is 71.6 Å². The summed E-state index contributed by atoms with van der Waals surface area (Å²) in [6, 6.07) is 21.5. The highest BCUT2D eigenvalue weighted by atomic mass is 32.2. The third kappa shape index (κ3) is 4.56. The number of sulfonamides is 1. The van der Waals surface area contributed by atoms with Crippen molar-refractivity contribution in [2.75, 3.05) is 25.0 Å². The van der Waals surface area contributed by atoms with Crippen molar-refractivity contribution in [2.24, 2.45) is 0 Å². The zero-order valence-electron chi connectivity index (χ0n) is 21.4. The number of carbonyl (C=O) groups is 1. The summed E-state index contributed by atoms with van der Waals surface area (Å²) >= 11 is 0. The average Bonchev–Trinajstić information content (AvgIpc) is 3.37. The minimum absolute atomic E-state index is 0.138. The molecule has 9 heteroatoms. The van der Waals surface area contributed by atoms with Gasteiger partial charge in [0, 0.05) is 73.5 Å². The molecule has 4 aromatic rings. The number of hydrogen-bond acceptors (Lipinski definition) is 5. The van der Waals surface area contributed by atoms with Gasteiger partial charge in [-0.15, -0.1) is 0 Å². The van der Waals surface area contributed by atoms with Gasteiger partial charge in [0.05, 0.1) is 10.6 Å². The number of carbonyl (C=O) groups excluding carboxylic acids is 1. The Morgan fingerprint density at radius 1 is 0.974 bits per heavy atom. The van der Waals surface area contributed by atoms with E-state index in [1.54, 1.807) is 23.4 Å². The molecule has 3 heterocycles. The third-order valence-electron chi connectivity index (χ3n) is 7.74. The molecular formula is C29H31N5O3S. The highest BCUT2D eigenvalue weighted by Gasteiger charge is 2.32. The maximum absolute atomic E-state index is 13.7. The molecule has 3 aromatic carbocycles. The lowest BCUT2D eigenvalue weighted by Crippen LogP contribution is -2.41. The number of nitrogens with zero attached hydrogens (tertiary/aromatic N) is 3. The molecule has 0 aliphatic carbocycles. The van der Waals surface area contributed by atoms with Crippen molar-refractivity contribution in [1.29, 1.82) is 0 Å². The van der Waals surface area contributed by atoms with E-state index in [0.29, 0.717) is 23.9 Å². The summed E-state index contributed by atoms with van der Waals surface area (Å²) in [6.07, 6.45) is 2.44. The number of aromatic nitrogens is 2. The Morgan fingerprint density at radius 2 is 1.71 bits per heavy atom. The van der Waals surface area contributed by atoms with Crippen LogP contribution in [0.5, 0.6) is 0 Å². The van der Waals surface area contributed by atoms with Crippen molar-refractivity contribution in [1.82, 2.24) is 19.4 Å². The third-order valence-corrected chi connectivity index (χ3v) is 9.64. The van der Waals surface area contributed by atoms with Crippen LogP contribution >= 0.6 is 0 Å². The van der Waals surface area contributed by atoms with E-state index in [0.717, 1.165) is 64.9 Å². The number of piperidine rings is 1. The predicted octanol–water partition coefficient (Wildman–Crippen LogP) is 4.40. The largest absolute Gasteiger partial charge is 0.382 e. The number of nitrogens with one attached hydrogen (secondary N) is 2. The van der Waals surface area contributed by atoms with E-state index in [2.05, 4.69) is 15.5 Å². The number of fused-ring (bicyclic) bond motifs is 2. The quantitative estimate of drug-likeness (QED) is 0.399. The molecular weight excluding hydrogens is 498 g/mol. The molecule has 0 spiro atoms. The normalized spacial score (nSPS) is 16.9. The second-order valence-corrected chi connectivity index (χ2v) is 12.0. The molecule has 38 heavy (non-hydrogen) atoms. The molecule has 196 valence electrons. The van der Waals surface area contributed by atoms with Crippen molar-refractivity contribution in [3.05, 3.63) is 78.0 Å². The topological polar surface area (TPSA) is 98.4 Å². The van der Waals surface area contributed by atoms with E-state index in [9.17, 15) is 13.2 Å². The van der Waals surface area contributed by atoms with Gasteiger partial charge in [0.1, 0.15) is 0 Å². The van der Waals surface area contributed by atoms with E-state index in [1.165, 1.54) is 0 Å². The van der Waals surface area contributed by atoms with E-state index in [1.807, 2.05) is 59.5 Å². The molecule has 6 rings (SSSR count). The highest BCUT2D eigenvalue weighted by Crippen LogP contribution is 2.33. The van der Waals surface area contributed by atoms with Gasteiger partial charge in [-0.2, -0.15) is 9.40 Å². The number of amides is 1. The first-order valence-electron chi connectivity index (χ1n) is 13.1. The smallest absolute Gasteiger partial charge is 0.244 e. The minimum Gasteiger partial charge on any atom is -0.382 e. The number of anilines is 1. The molecule has 0 unspecified atom stereocenters. The van der Waals surface area contributed by atoms with Gasteiger partial charge >= 0.3 is 0 Å². The Bertz CT molecular complexity index is 1580. The van der Waals surface area contributed by atoms with Crippen LogP contribution in [0.4, 0.5) is 5.69 Å². The summed E-state index contributed by atoms with van der Waals surface area (Å²) in [7, 11) is -3.68. The van der Waals surface area contributed by atoms with Crippen LogP contribution in [0.3, 0.4) is 0 Å². The molecule has 1 amide bonds. The number of hydrogen-bond donors (Lipinski definition) is 2. The molecule has 0 atom stereocenters. The standard InChI is InChI=1S/C29H31N5O3S/c1-20(35)33-16-13-24(14-17-33)30-23-11-9-22(10-12-23)29-26-19-34(18-15-27(26)31-32-29)38(36,37)28-8-4-6-21-5-2-3-7-25(21)28/h2-12,24,30H,13-19H2,1H3,(H,31,32). The molecule has 2 N–H and O–H groups in total. The Balaban J connectivity index is 1.20. The van der Waals surface area contributed by atoms with Crippen molar-refractivity contribution in [3.63, 3.8) is 0 Å². The SMILES string of the molecule is CC(=O)N1CCC(Nc2ccc(-c3n[nH]c4c3CN(S(=O)(=O)c3cccc5ccccc35)CC4)cc2)CC1. The van der Waals surface area contributed by atoms with Gasteiger partial charge in [-0.25, -0.2) is 8.42 Å². The fraction of sp³-hybridized carbons (Fsp3) is 0.310. The summed E-state index contributed by atoms with van der Waals surface area (Å²) in [5.74, 6) is 0.138. The summed E-state index contributed by atoms with van der Waals surface area (Å²) in [4.78, 5) is 13.8. The molecule has 0 radical (unpaired) electrons. The van der Waals surface area contributed by atoms with Gasteiger partial charge in [-0.05, 0) is 36.4 Å². The van der Waals surface area contributed by atoms with Crippen LogP contribution in [0.1, 0.15) is 31.0 Å². The van der Waals surface area contributed by atoms with Crippen molar-refractivity contribution < 1.29 is 13.2 Å². The van der Waals surface area contributed by atoms with Gasteiger partial charge < -0.3 is 10.2 Å². The Hall–Kier alpha value is -3.69. The fourth-order valence-electron chi connectivity index (χ4n) is 5.57. The molecule has 2 aliphatic heterocycles. The molecule has 1 aromatic heterocycles. The van der Waals surface area contributed by atoms with Gasteiger partial charge in [0.2, 0.25) is 15.9 Å². The van der Waals surface area contributed by atoms with Crippen LogP contribution in [0.2, 0.25) is 0 Å². The zero-order chi connectivity index (χ0) is 26.3. The molecule has 0 bridgehead atoms. The van der Waals surface area contributed by atoms with Gasteiger partial charge in [0.15, 0.2) is 0 Å². The van der Waals surface area contributed by atoms with Crippen LogP contribution < -0.4 is 5.32 Å². The van der Waals surface area contributed by atoms with Crippen LogP contribution in [0, 0.1) is 0 Å². The number of likely N-dealkylation sites (tertiary alicyclic amines) is 1. The average molecular weight is 530 g/mol. The van der Waals surface area contributed by atoms with Gasteiger partial charge in [-0.1, -0.05) is 48.5 Å². The molecule has 0 saturated carbocycles. The van der Waals surface area contributed by atoms with Crippen molar-refractivity contribution in [2.45, 2.75) is 43.7 Å². The van der Waals surface area contributed by atoms with Crippen molar-refractivity contribution in [3.8, 4) is 11.3 Å². The molecule has 8 nitrogen and oxygen atoms in total. The lowest BCUT2D eigenvalue weighted by Gasteiger charge is -2.32.